The van der Waals surface area contributed by atoms with Crippen molar-refractivity contribution >= 4 is 32.3 Å². The second-order valence-corrected chi connectivity index (χ2v) is 15.7. The second kappa shape index (κ2) is 13.0. The minimum Gasteiger partial charge on any atom is -0.228 e. The van der Waals surface area contributed by atoms with Crippen molar-refractivity contribution in [1.82, 2.24) is 9.97 Å². The van der Waals surface area contributed by atoms with E-state index in [1.807, 2.05) is 0 Å². The van der Waals surface area contributed by atoms with Crippen LogP contribution in [0.4, 0.5) is 0 Å². The number of benzene rings is 9. The van der Waals surface area contributed by atoms with Crippen LogP contribution in [0, 0.1) is 0 Å². The Bertz CT molecular complexity index is 3190. The quantitative estimate of drug-likeness (QED) is 0.176. The Morgan fingerprint density at radius 3 is 1.72 bits per heavy atom. The minimum atomic E-state index is -0.115. The van der Waals surface area contributed by atoms with E-state index in [2.05, 4.69) is 208 Å². The maximum atomic E-state index is 5.35. The predicted molar refractivity (Wildman–Crippen MR) is 239 cm³/mol. The Morgan fingerprint density at radius 1 is 0.333 bits per heavy atom. The Kier molecular flexibility index (Phi) is 7.55. The molecule has 0 fully saturated rings. The van der Waals surface area contributed by atoms with Crippen molar-refractivity contribution in [3.8, 4) is 67.3 Å². The Labute approximate surface area is 332 Å². The zero-order chi connectivity index (χ0) is 38.1. The fourth-order valence-corrected chi connectivity index (χ4v) is 9.18. The van der Waals surface area contributed by atoms with Crippen molar-refractivity contribution in [2.75, 3.05) is 0 Å². The smallest absolute Gasteiger partial charge is 0.160 e. The van der Waals surface area contributed by atoms with Crippen molar-refractivity contribution in [3.63, 3.8) is 0 Å². The van der Waals surface area contributed by atoms with Crippen LogP contribution >= 0.6 is 0 Å². The van der Waals surface area contributed by atoms with E-state index in [0.29, 0.717) is 5.82 Å². The van der Waals surface area contributed by atoms with Gasteiger partial charge < -0.3 is 0 Å². The van der Waals surface area contributed by atoms with Gasteiger partial charge in [0.15, 0.2) is 5.82 Å². The molecule has 0 unspecified atom stereocenters. The lowest BCUT2D eigenvalue weighted by atomic mass is 9.81. The van der Waals surface area contributed by atoms with Gasteiger partial charge in [0.1, 0.15) is 0 Å². The molecule has 0 saturated carbocycles. The highest BCUT2D eigenvalue weighted by molar-refractivity contribution is 6.11. The van der Waals surface area contributed by atoms with Crippen LogP contribution in [0.1, 0.15) is 25.0 Å². The highest BCUT2D eigenvalue weighted by atomic mass is 14.9. The third-order valence-electron chi connectivity index (χ3n) is 12.1. The van der Waals surface area contributed by atoms with Crippen LogP contribution < -0.4 is 0 Å². The van der Waals surface area contributed by atoms with Gasteiger partial charge in [0.2, 0.25) is 0 Å². The molecule has 268 valence electrons. The number of aromatic nitrogens is 2. The first-order valence-electron chi connectivity index (χ1n) is 19.7. The first-order valence-corrected chi connectivity index (χ1v) is 19.7. The topological polar surface area (TPSA) is 25.8 Å². The van der Waals surface area contributed by atoms with Crippen molar-refractivity contribution < 1.29 is 0 Å². The Hall–Kier alpha value is -7.16. The van der Waals surface area contributed by atoms with E-state index in [4.69, 9.17) is 9.97 Å². The summed E-state index contributed by atoms with van der Waals surface area (Å²) in [7, 11) is 0. The molecule has 0 aliphatic heterocycles. The van der Waals surface area contributed by atoms with Gasteiger partial charge in [0, 0.05) is 22.1 Å². The molecule has 0 N–H and O–H groups in total. The fourth-order valence-electron chi connectivity index (χ4n) is 9.18. The minimum absolute atomic E-state index is 0.115. The second-order valence-electron chi connectivity index (χ2n) is 15.7. The average Bonchev–Trinajstić information content (AvgIpc) is 3.52. The molecule has 1 aliphatic rings. The van der Waals surface area contributed by atoms with Gasteiger partial charge in [0.25, 0.3) is 0 Å². The SMILES string of the molecule is CC1(C)c2cccc(-c3ccc(-c4cc(-c5ccc6ccccc6c5)nc(-c5ccc(-c6ccccc6)cc5)n4)c4ccccc34)c2-c2c1ccc1ccccc21. The first kappa shape index (κ1) is 33.2. The zero-order valence-electron chi connectivity index (χ0n) is 31.9. The molecule has 0 atom stereocenters. The summed E-state index contributed by atoms with van der Waals surface area (Å²) in [6, 6.07) is 70.1. The molecule has 57 heavy (non-hydrogen) atoms. The fraction of sp³-hybridized carbons (Fsp3) is 0.0545. The number of hydrogen-bond donors (Lipinski definition) is 0. The summed E-state index contributed by atoms with van der Waals surface area (Å²) in [5, 5.41) is 7.34. The van der Waals surface area contributed by atoms with Crippen LogP contribution in [0.3, 0.4) is 0 Å². The predicted octanol–water partition coefficient (Wildman–Crippen LogP) is 14.6. The van der Waals surface area contributed by atoms with Crippen LogP contribution in [-0.2, 0) is 5.41 Å². The molecule has 0 amide bonds. The van der Waals surface area contributed by atoms with E-state index in [1.165, 1.54) is 71.4 Å². The lowest BCUT2D eigenvalue weighted by Gasteiger charge is -2.22. The molecular formula is C55H38N2. The number of hydrogen-bond acceptors (Lipinski definition) is 2. The molecule has 0 saturated heterocycles. The molecule has 1 aliphatic carbocycles. The maximum absolute atomic E-state index is 5.35. The van der Waals surface area contributed by atoms with Crippen LogP contribution in [0.15, 0.2) is 194 Å². The van der Waals surface area contributed by atoms with Crippen LogP contribution in [0.5, 0.6) is 0 Å². The van der Waals surface area contributed by atoms with E-state index in [-0.39, 0.29) is 5.41 Å². The summed E-state index contributed by atoms with van der Waals surface area (Å²) in [5.74, 6) is 0.704. The van der Waals surface area contributed by atoms with Crippen LogP contribution in [0.25, 0.3) is 99.6 Å². The van der Waals surface area contributed by atoms with Gasteiger partial charge in [-0.25, -0.2) is 9.97 Å². The zero-order valence-corrected chi connectivity index (χ0v) is 31.9. The van der Waals surface area contributed by atoms with Crippen molar-refractivity contribution in [1.29, 1.82) is 0 Å². The third kappa shape index (κ3) is 5.40. The molecule has 2 heteroatoms. The Balaban J connectivity index is 1.11. The summed E-state index contributed by atoms with van der Waals surface area (Å²) >= 11 is 0. The van der Waals surface area contributed by atoms with E-state index < -0.39 is 0 Å². The van der Waals surface area contributed by atoms with E-state index in [1.54, 1.807) is 0 Å². The number of fused-ring (bicyclic) bond motifs is 7. The standard InChI is InChI=1S/C55H38N2/c1-55(2)48-22-12-21-47(53(48)52-42-18-9-8-16-38(42)29-32-49(52)55)45-30-31-46(44-20-11-10-19-43(44)45)51-34-50(41-28-25-36-15-6-7-17-40(36)33-41)56-54(57-51)39-26-23-37(24-27-39)35-13-4-3-5-14-35/h3-34H,1-2H3. The lowest BCUT2D eigenvalue weighted by Crippen LogP contribution is -2.14. The summed E-state index contributed by atoms with van der Waals surface area (Å²) in [6.07, 6.45) is 0. The first-order chi connectivity index (χ1) is 28.0. The van der Waals surface area contributed by atoms with Gasteiger partial charge >= 0.3 is 0 Å². The van der Waals surface area contributed by atoms with Gasteiger partial charge in [-0.15, -0.1) is 0 Å². The maximum Gasteiger partial charge on any atom is 0.160 e. The van der Waals surface area contributed by atoms with Crippen molar-refractivity contribution in [2.45, 2.75) is 19.3 Å². The van der Waals surface area contributed by atoms with Gasteiger partial charge in [-0.05, 0) is 89.0 Å². The van der Waals surface area contributed by atoms with E-state index in [0.717, 1.165) is 33.5 Å². The third-order valence-corrected chi connectivity index (χ3v) is 12.1. The summed E-state index contributed by atoms with van der Waals surface area (Å²) in [4.78, 5) is 10.6. The molecule has 0 spiro atoms. The number of rotatable bonds is 5. The molecule has 10 aromatic rings. The van der Waals surface area contributed by atoms with Gasteiger partial charge in [-0.1, -0.05) is 196 Å². The molecule has 1 aromatic heterocycles. The molecule has 9 aromatic carbocycles. The molecule has 1 heterocycles. The molecule has 11 rings (SSSR count). The van der Waals surface area contributed by atoms with Gasteiger partial charge in [-0.2, -0.15) is 0 Å². The molecular weight excluding hydrogens is 689 g/mol. The lowest BCUT2D eigenvalue weighted by molar-refractivity contribution is 0.661. The van der Waals surface area contributed by atoms with Crippen molar-refractivity contribution in [3.05, 3.63) is 205 Å². The largest absolute Gasteiger partial charge is 0.228 e. The molecule has 0 radical (unpaired) electrons. The Morgan fingerprint density at radius 2 is 0.912 bits per heavy atom. The normalized spacial score (nSPS) is 12.9. The van der Waals surface area contributed by atoms with Gasteiger partial charge in [0.05, 0.1) is 11.4 Å². The van der Waals surface area contributed by atoms with Crippen LogP contribution in [-0.4, -0.2) is 9.97 Å². The van der Waals surface area contributed by atoms with Gasteiger partial charge in [-0.3, -0.25) is 0 Å². The molecule has 0 bridgehead atoms. The summed E-state index contributed by atoms with van der Waals surface area (Å²) < 4.78 is 0. The number of nitrogens with zero attached hydrogens (tertiary/aromatic N) is 2. The van der Waals surface area contributed by atoms with E-state index >= 15 is 0 Å². The average molecular weight is 727 g/mol. The summed E-state index contributed by atoms with van der Waals surface area (Å²) in [5.41, 5.74) is 15.1. The summed E-state index contributed by atoms with van der Waals surface area (Å²) in [6.45, 7) is 4.74. The monoisotopic (exact) mass is 726 g/mol. The highest BCUT2D eigenvalue weighted by Gasteiger charge is 2.38. The van der Waals surface area contributed by atoms with E-state index in [9.17, 15) is 0 Å². The van der Waals surface area contributed by atoms with Crippen LogP contribution in [0.2, 0.25) is 0 Å². The van der Waals surface area contributed by atoms with Crippen molar-refractivity contribution in [2.24, 2.45) is 0 Å². The highest BCUT2D eigenvalue weighted by Crippen LogP contribution is 2.55. The molecule has 2 nitrogen and oxygen atoms in total.